The van der Waals surface area contributed by atoms with Gasteiger partial charge in [-0.15, -0.1) is 0 Å². The monoisotopic (exact) mass is 511 g/mol. The van der Waals surface area contributed by atoms with Gasteiger partial charge in [0.1, 0.15) is 0 Å². The Balaban J connectivity index is 1.82. The number of carbonyl (C=O) groups is 1. The topological polar surface area (TPSA) is 48.0 Å². The lowest BCUT2D eigenvalue weighted by atomic mass is 10.0. The minimum atomic E-state index is -0.501. The minimum absolute atomic E-state index is 0.432. The van der Waals surface area contributed by atoms with Crippen molar-refractivity contribution in [1.82, 2.24) is 4.57 Å². The van der Waals surface area contributed by atoms with Crippen LogP contribution in [-0.4, -0.2) is 10.5 Å². The number of hydrogen-bond acceptors (Lipinski definition) is 1. The van der Waals surface area contributed by atoms with E-state index >= 15 is 0 Å². The van der Waals surface area contributed by atoms with Crippen molar-refractivity contribution in [2.24, 2.45) is 5.73 Å². The first-order chi connectivity index (χ1) is 15.8. The summed E-state index contributed by atoms with van der Waals surface area (Å²) in [7, 11) is 0. The van der Waals surface area contributed by atoms with Crippen LogP contribution in [0.2, 0.25) is 20.1 Å². The lowest BCUT2D eigenvalue weighted by molar-refractivity contribution is 0.100. The van der Waals surface area contributed by atoms with Crippen LogP contribution in [0.3, 0.4) is 0 Å². The molecule has 0 aliphatic rings. The Bertz CT molecular complexity index is 1570. The maximum Gasteiger partial charge on any atom is 0.249 e. The second-order valence-corrected chi connectivity index (χ2v) is 9.26. The van der Waals surface area contributed by atoms with Gasteiger partial charge in [-0.3, -0.25) is 4.79 Å². The summed E-state index contributed by atoms with van der Waals surface area (Å²) in [6.07, 6.45) is 0. The summed E-state index contributed by atoms with van der Waals surface area (Å²) in [4.78, 5) is 12.2. The lowest BCUT2D eigenvalue weighted by Gasteiger charge is -2.11. The molecule has 0 atom stereocenters. The molecule has 1 heterocycles. The van der Waals surface area contributed by atoms with E-state index in [9.17, 15) is 4.79 Å². The van der Waals surface area contributed by atoms with Gasteiger partial charge in [-0.2, -0.15) is 0 Å². The Labute approximate surface area is 210 Å². The predicted octanol–water partition coefficient (Wildman–Crippen LogP) is 8.02. The molecule has 2 N–H and O–H groups in total. The Morgan fingerprint density at radius 1 is 0.909 bits per heavy atom. The summed E-state index contributed by atoms with van der Waals surface area (Å²) in [6, 6.07) is 23.6. The van der Waals surface area contributed by atoms with Crippen LogP contribution >= 0.6 is 46.4 Å². The minimum Gasteiger partial charge on any atom is -0.366 e. The first-order valence-electron chi connectivity index (χ1n) is 10.00. The standard InChI is InChI=1S/C26H15Cl4N2O/c27-16-8-10-17(21(29)12-16)14-7-9-18-23(11-14)32(13-15-3-1-5-20(28)25(15)30)22-6-2-4-19(24(18)22)26(31)33/h1-8,10-12H,13H2,(H2,31,33). The molecule has 1 amide bonds. The first-order valence-corrected chi connectivity index (χ1v) is 11.5. The molecule has 0 bridgehead atoms. The molecule has 0 unspecified atom stereocenters. The number of nitrogens with two attached hydrogens (primary N) is 1. The molecule has 1 aromatic heterocycles. The zero-order chi connectivity index (χ0) is 23.3. The van der Waals surface area contributed by atoms with E-state index in [2.05, 4.69) is 10.6 Å². The lowest BCUT2D eigenvalue weighted by Crippen LogP contribution is -2.11. The number of fused-ring (bicyclic) bond motifs is 3. The second-order valence-electron chi connectivity index (χ2n) is 7.64. The zero-order valence-corrected chi connectivity index (χ0v) is 20.0. The van der Waals surface area contributed by atoms with Crippen molar-refractivity contribution in [3.63, 3.8) is 0 Å². The highest BCUT2D eigenvalue weighted by Gasteiger charge is 2.19. The van der Waals surface area contributed by atoms with Crippen molar-refractivity contribution >= 4 is 74.1 Å². The molecule has 4 aromatic carbocycles. The van der Waals surface area contributed by atoms with E-state index in [1.807, 2.05) is 42.5 Å². The fourth-order valence-corrected chi connectivity index (χ4v) is 5.05. The van der Waals surface area contributed by atoms with Gasteiger partial charge in [0.25, 0.3) is 0 Å². The van der Waals surface area contributed by atoms with Crippen molar-refractivity contribution in [1.29, 1.82) is 0 Å². The fourth-order valence-electron chi connectivity index (χ4n) is 4.15. The molecular weight excluding hydrogens is 498 g/mol. The normalized spacial score (nSPS) is 11.4. The third-order valence-electron chi connectivity index (χ3n) is 5.66. The summed E-state index contributed by atoms with van der Waals surface area (Å²) in [5, 5.41) is 3.59. The van der Waals surface area contributed by atoms with Gasteiger partial charge in [0.05, 0.1) is 21.1 Å². The molecule has 0 saturated heterocycles. The molecule has 0 aliphatic carbocycles. The van der Waals surface area contributed by atoms with Crippen molar-refractivity contribution < 1.29 is 4.79 Å². The Morgan fingerprint density at radius 2 is 1.70 bits per heavy atom. The van der Waals surface area contributed by atoms with Crippen molar-refractivity contribution in [3.8, 4) is 11.1 Å². The molecule has 0 aliphatic heterocycles. The first kappa shape index (κ1) is 22.1. The average Bonchev–Trinajstić information content (AvgIpc) is 3.10. The highest BCUT2D eigenvalue weighted by molar-refractivity contribution is 6.42. The molecule has 0 saturated carbocycles. The second kappa shape index (κ2) is 8.58. The third-order valence-corrected chi connectivity index (χ3v) is 7.07. The summed E-state index contributed by atoms with van der Waals surface area (Å²) in [5.74, 6) is -0.501. The highest BCUT2D eigenvalue weighted by Crippen LogP contribution is 2.37. The number of halogens is 4. The molecule has 7 heteroatoms. The number of primary amides is 1. The van der Waals surface area contributed by atoms with Crippen LogP contribution in [0.15, 0.2) is 66.7 Å². The van der Waals surface area contributed by atoms with Gasteiger partial charge in [-0.05, 0) is 59.7 Å². The van der Waals surface area contributed by atoms with E-state index in [0.717, 1.165) is 38.5 Å². The molecule has 33 heavy (non-hydrogen) atoms. The van der Waals surface area contributed by atoms with E-state index in [-0.39, 0.29) is 0 Å². The Morgan fingerprint density at radius 3 is 2.45 bits per heavy atom. The maximum atomic E-state index is 12.2. The van der Waals surface area contributed by atoms with Crippen LogP contribution in [0.5, 0.6) is 0 Å². The largest absolute Gasteiger partial charge is 0.366 e. The summed E-state index contributed by atoms with van der Waals surface area (Å²) in [6.45, 7) is 0.438. The number of rotatable bonds is 4. The smallest absolute Gasteiger partial charge is 0.249 e. The summed E-state index contributed by atoms with van der Waals surface area (Å²) in [5.41, 5.74) is 10.4. The Kier molecular flexibility index (Phi) is 5.75. The highest BCUT2D eigenvalue weighted by atomic mass is 35.5. The van der Waals surface area contributed by atoms with Crippen LogP contribution in [0.1, 0.15) is 15.9 Å². The molecule has 0 spiro atoms. The van der Waals surface area contributed by atoms with Crippen LogP contribution in [-0.2, 0) is 6.54 Å². The summed E-state index contributed by atoms with van der Waals surface area (Å²) < 4.78 is 2.08. The van der Waals surface area contributed by atoms with Gasteiger partial charge in [0.15, 0.2) is 0 Å². The molecular formula is C26H15Cl4N2O. The number of aromatic nitrogens is 1. The number of carbonyl (C=O) groups excluding carboxylic acids is 1. The van der Waals surface area contributed by atoms with Crippen LogP contribution in [0.25, 0.3) is 32.9 Å². The number of nitrogens with zero attached hydrogens (tertiary/aromatic N) is 1. The van der Waals surface area contributed by atoms with E-state index in [0.29, 0.717) is 32.2 Å². The fraction of sp³-hybridized carbons (Fsp3) is 0.0385. The van der Waals surface area contributed by atoms with Crippen LogP contribution in [0.4, 0.5) is 0 Å². The number of hydrogen-bond donors (Lipinski definition) is 1. The zero-order valence-electron chi connectivity index (χ0n) is 17.0. The van der Waals surface area contributed by atoms with Crippen LogP contribution < -0.4 is 5.73 Å². The Hall–Kier alpha value is -2.69. The van der Waals surface area contributed by atoms with Crippen LogP contribution in [0, 0.1) is 6.07 Å². The number of benzene rings is 4. The molecule has 3 nitrogen and oxygen atoms in total. The van der Waals surface area contributed by atoms with Crippen molar-refractivity contribution in [3.05, 3.63) is 104 Å². The summed E-state index contributed by atoms with van der Waals surface area (Å²) >= 11 is 25.3. The van der Waals surface area contributed by atoms with E-state index < -0.39 is 5.91 Å². The van der Waals surface area contributed by atoms with Gasteiger partial charge in [0, 0.05) is 38.5 Å². The van der Waals surface area contributed by atoms with Crippen molar-refractivity contribution in [2.45, 2.75) is 6.54 Å². The van der Waals surface area contributed by atoms with Gasteiger partial charge in [-0.1, -0.05) is 70.7 Å². The van der Waals surface area contributed by atoms with Gasteiger partial charge in [0.2, 0.25) is 5.91 Å². The van der Waals surface area contributed by atoms with Crippen molar-refractivity contribution in [2.75, 3.05) is 0 Å². The predicted molar refractivity (Wildman–Crippen MR) is 138 cm³/mol. The third kappa shape index (κ3) is 3.85. The van der Waals surface area contributed by atoms with Gasteiger partial charge in [-0.25, -0.2) is 0 Å². The van der Waals surface area contributed by atoms with Gasteiger partial charge >= 0.3 is 0 Å². The van der Waals surface area contributed by atoms with E-state index in [1.54, 1.807) is 24.3 Å². The molecule has 0 fully saturated rings. The number of amides is 1. The van der Waals surface area contributed by atoms with E-state index in [1.165, 1.54) is 0 Å². The molecule has 163 valence electrons. The van der Waals surface area contributed by atoms with Gasteiger partial charge < -0.3 is 10.3 Å². The van der Waals surface area contributed by atoms with E-state index in [4.69, 9.17) is 52.1 Å². The maximum absolute atomic E-state index is 12.2. The molecule has 5 aromatic rings. The molecule has 1 radical (unpaired) electrons. The SMILES string of the molecule is NC(=O)c1cccc2c1c1[c]cc(-c3ccc(Cl)cc3Cl)cc1n2Cc1cccc(Cl)c1Cl. The molecule has 5 rings (SSSR count). The quantitative estimate of drug-likeness (QED) is 0.260. The average molecular weight is 513 g/mol.